The molecular weight excluding hydrogens is 164 g/mol. The standard InChI is InChI=1S/C11H16O2/c1-10(2)8-4-5-11(10,3)9(13)7(8)6-12/h6-8H,4-5H2,1-3H3/t7-,8+,11+/m0/s1. The average molecular weight is 180 g/mol. The third kappa shape index (κ3) is 0.749. The molecule has 0 aromatic heterocycles. The van der Waals surface area contributed by atoms with Crippen LogP contribution in [0.1, 0.15) is 33.6 Å². The van der Waals surface area contributed by atoms with Crippen LogP contribution in [0.15, 0.2) is 0 Å². The molecule has 0 saturated heterocycles. The van der Waals surface area contributed by atoms with Crippen molar-refractivity contribution in [3.05, 3.63) is 0 Å². The van der Waals surface area contributed by atoms with Gasteiger partial charge in [0.2, 0.25) is 0 Å². The summed E-state index contributed by atoms with van der Waals surface area (Å²) in [6.07, 6.45) is 2.87. The lowest BCUT2D eigenvalue weighted by molar-refractivity contribution is -0.134. The molecule has 2 fully saturated rings. The van der Waals surface area contributed by atoms with Gasteiger partial charge >= 0.3 is 0 Å². The summed E-state index contributed by atoms with van der Waals surface area (Å²) in [4.78, 5) is 22.7. The molecule has 0 amide bonds. The number of hydrogen-bond acceptors (Lipinski definition) is 2. The molecule has 0 spiro atoms. The van der Waals surface area contributed by atoms with Crippen LogP contribution < -0.4 is 0 Å². The lowest BCUT2D eigenvalue weighted by Gasteiger charge is -2.32. The fraction of sp³-hybridized carbons (Fsp3) is 0.818. The van der Waals surface area contributed by atoms with Crippen LogP contribution >= 0.6 is 0 Å². The van der Waals surface area contributed by atoms with Crippen molar-refractivity contribution in [2.24, 2.45) is 22.7 Å². The predicted octanol–water partition coefficient (Wildman–Crippen LogP) is 1.83. The molecule has 2 heteroatoms. The molecule has 2 bridgehead atoms. The van der Waals surface area contributed by atoms with E-state index in [-0.39, 0.29) is 22.5 Å². The third-order valence-corrected chi connectivity index (χ3v) is 4.73. The fourth-order valence-corrected chi connectivity index (χ4v) is 3.31. The Bertz CT molecular complexity index is 280. The monoisotopic (exact) mass is 180 g/mol. The molecule has 0 unspecified atom stereocenters. The van der Waals surface area contributed by atoms with E-state index >= 15 is 0 Å². The van der Waals surface area contributed by atoms with Crippen molar-refractivity contribution in [2.45, 2.75) is 33.6 Å². The molecule has 2 aliphatic carbocycles. The van der Waals surface area contributed by atoms with E-state index in [0.717, 1.165) is 19.1 Å². The largest absolute Gasteiger partial charge is 0.303 e. The number of aldehydes is 1. The minimum Gasteiger partial charge on any atom is -0.303 e. The Balaban J connectivity index is 2.50. The van der Waals surface area contributed by atoms with Gasteiger partial charge in [-0.3, -0.25) is 4.79 Å². The molecule has 0 aromatic rings. The summed E-state index contributed by atoms with van der Waals surface area (Å²) in [5.74, 6) is 0.167. The first-order valence-electron chi connectivity index (χ1n) is 4.95. The summed E-state index contributed by atoms with van der Waals surface area (Å²) < 4.78 is 0. The van der Waals surface area contributed by atoms with E-state index in [4.69, 9.17) is 0 Å². The first-order valence-corrected chi connectivity index (χ1v) is 4.95. The highest BCUT2D eigenvalue weighted by molar-refractivity contribution is 6.01. The highest BCUT2D eigenvalue weighted by Crippen LogP contribution is 2.65. The maximum atomic E-state index is 11.9. The minimum absolute atomic E-state index is 0.0235. The highest BCUT2D eigenvalue weighted by atomic mass is 16.1. The van der Waals surface area contributed by atoms with Crippen LogP contribution in [0.25, 0.3) is 0 Å². The van der Waals surface area contributed by atoms with Gasteiger partial charge in [0.15, 0.2) is 0 Å². The van der Waals surface area contributed by atoms with Crippen molar-refractivity contribution >= 4 is 12.1 Å². The lowest BCUT2D eigenvalue weighted by atomic mass is 9.70. The summed E-state index contributed by atoms with van der Waals surface area (Å²) in [5.41, 5.74) is -0.209. The van der Waals surface area contributed by atoms with Gasteiger partial charge in [-0.1, -0.05) is 20.8 Å². The highest BCUT2D eigenvalue weighted by Gasteiger charge is 2.65. The van der Waals surface area contributed by atoms with E-state index in [1.54, 1.807) is 0 Å². The van der Waals surface area contributed by atoms with Crippen molar-refractivity contribution in [3.63, 3.8) is 0 Å². The Hall–Kier alpha value is -0.660. The molecule has 2 aliphatic rings. The van der Waals surface area contributed by atoms with Gasteiger partial charge in [0.1, 0.15) is 12.1 Å². The van der Waals surface area contributed by atoms with Crippen molar-refractivity contribution < 1.29 is 9.59 Å². The molecule has 2 nitrogen and oxygen atoms in total. The van der Waals surface area contributed by atoms with Crippen molar-refractivity contribution in [2.75, 3.05) is 0 Å². The number of ketones is 1. The van der Waals surface area contributed by atoms with Gasteiger partial charge in [0.25, 0.3) is 0 Å². The first kappa shape index (κ1) is 8.92. The molecule has 72 valence electrons. The zero-order valence-electron chi connectivity index (χ0n) is 8.46. The van der Waals surface area contributed by atoms with Crippen LogP contribution in [0.2, 0.25) is 0 Å². The molecule has 13 heavy (non-hydrogen) atoms. The minimum atomic E-state index is -0.311. The van der Waals surface area contributed by atoms with Gasteiger partial charge < -0.3 is 4.79 Å². The van der Waals surface area contributed by atoms with Gasteiger partial charge in [-0.2, -0.15) is 0 Å². The van der Waals surface area contributed by atoms with E-state index in [9.17, 15) is 9.59 Å². The number of hydrogen-bond donors (Lipinski definition) is 0. The zero-order chi connectivity index (χ0) is 9.85. The second-order valence-corrected chi connectivity index (χ2v) is 5.23. The quantitative estimate of drug-likeness (QED) is 0.455. The van der Waals surface area contributed by atoms with Crippen LogP contribution in [0.4, 0.5) is 0 Å². The topological polar surface area (TPSA) is 34.1 Å². The second kappa shape index (κ2) is 2.23. The van der Waals surface area contributed by atoms with Crippen LogP contribution in [-0.2, 0) is 9.59 Å². The van der Waals surface area contributed by atoms with E-state index in [0.29, 0.717) is 5.92 Å². The van der Waals surface area contributed by atoms with E-state index < -0.39 is 0 Å². The maximum Gasteiger partial charge on any atom is 0.149 e. The average Bonchev–Trinajstić information content (AvgIpc) is 2.36. The lowest BCUT2D eigenvalue weighted by Crippen LogP contribution is -2.33. The van der Waals surface area contributed by atoms with Crippen molar-refractivity contribution in [3.8, 4) is 0 Å². The number of rotatable bonds is 1. The van der Waals surface area contributed by atoms with Gasteiger partial charge in [-0.05, 0) is 24.2 Å². The summed E-state index contributed by atoms with van der Waals surface area (Å²) in [5, 5.41) is 0. The second-order valence-electron chi connectivity index (χ2n) is 5.23. The van der Waals surface area contributed by atoms with Gasteiger partial charge in [0, 0.05) is 5.41 Å². The molecule has 0 heterocycles. The number of carbonyl (C=O) groups is 2. The van der Waals surface area contributed by atoms with E-state index in [2.05, 4.69) is 13.8 Å². The molecule has 0 radical (unpaired) electrons. The van der Waals surface area contributed by atoms with Crippen LogP contribution in [0.3, 0.4) is 0 Å². The van der Waals surface area contributed by atoms with Gasteiger partial charge in [0.05, 0.1) is 5.92 Å². The van der Waals surface area contributed by atoms with E-state index in [1.807, 2.05) is 6.92 Å². The summed E-state index contributed by atoms with van der Waals surface area (Å²) in [7, 11) is 0. The maximum absolute atomic E-state index is 11.9. The summed E-state index contributed by atoms with van der Waals surface area (Å²) >= 11 is 0. The van der Waals surface area contributed by atoms with E-state index in [1.165, 1.54) is 0 Å². The Morgan fingerprint density at radius 3 is 2.31 bits per heavy atom. The smallest absolute Gasteiger partial charge is 0.149 e. The van der Waals surface area contributed by atoms with Crippen molar-refractivity contribution in [1.29, 1.82) is 0 Å². The fourth-order valence-electron chi connectivity index (χ4n) is 3.31. The predicted molar refractivity (Wildman–Crippen MR) is 49.2 cm³/mol. The van der Waals surface area contributed by atoms with Crippen LogP contribution in [-0.4, -0.2) is 12.1 Å². The molecule has 2 rings (SSSR count). The Morgan fingerprint density at radius 2 is 2.00 bits per heavy atom. The Kier molecular flexibility index (Phi) is 1.53. The third-order valence-electron chi connectivity index (χ3n) is 4.73. The summed E-state index contributed by atoms with van der Waals surface area (Å²) in [6.45, 7) is 6.29. The normalized spacial score (nSPS) is 46.8. The van der Waals surface area contributed by atoms with Crippen LogP contribution in [0.5, 0.6) is 0 Å². The summed E-state index contributed by atoms with van der Waals surface area (Å²) in [6, 6.07) is 0. The molecule has 3 atom stereocenters. The van der Waals surface area contributed by atoms with Crippen molar-refractivity contribution in [1.82, 2.24) is 0 Å². The number of carbonyl (C=O) groups excluding carboxylic acids is 2. The Morgan fingerprint density at radius 1 is 1.38 bits per heavy atom. The number of Topliss-reactive ketones (excluding diaryl/α,β-unsaturated/α-hetero) is 1. The number of fused-ring (bicyclic) bond motifs is 2. The van der Waals surface area contributed by atoms with Gasteiger partial charge in [-0.15, -0.1) is 0 Å². The molecular formula is C11H16O2. The SMILES string of the molecule is CC1(C)[C@@H]2CC[C@]1(C)C(=O)[C@H]2C=O. The first-order chi connectivity index (χ1) is 5.95. The zero-order valence-corrected chi connectivity index (χ0v) is 8.46. The molecule has 0 aliphatic heterocycles. The molecule has 0 aromatic carbocycles. The molecule has 0 N–H and O–H groups in total. The molecule has 2 saturated carbocycles. The Labute approximate surface area is 78.7 Å². The van der Waals surface area contributed by atoms with Crippen LogP contribution in [0, 0.1) is 22.7 Å². The van der Waals surface area contributed by atoms with Gasteiger partial charge in [-0.25, -0.2) is 0 Å².